The summed E-state index contributed by atoms with van der Waals surface area (Å²) in [5, 5.41) is 18.6. The molecule has 0 aliphatic carbocycles. The standard InChI is InChI=1S/C33H30N8/c34-16-24-5-1-22(2-6-24)13-29(30-18-37-20-39-30)33-28-15-27(36)10-9-26(28)11-12-41(33)32(31-19-38-21-40-31)14-23-3-7-25(17-35)8-4-23/h1-10,15,18-21,29,32-33H,11-14,36H2,(H,37,39)(H,38,40). The van der Waals surface area contributed by atoms with Crippen LogP contribution in [0, 0.1) is 22.7 Å². The Morgan fingerprint density at radius 1 is 0.829 bits per heavy atom. The number of nitrogens with one attached hydrogen (secondary N) is 2. The van der Waals surface area contributed by atoms with Crippen LogP contribution < -0.4 is 5.73 Å². The number of imidazole rings is 2. The van der Waals surface area contributed by atoms with E-state index in [1.165, 1.54) is 11.1 Å². The molecule has 3 unspecified atom stereocenters. The lowest BCUT2D eigenvalue weighted by atomic mass is 9.78. The first-order valence-electron chi connectivity index (χ1n) is 13.7. The molecule has 2 aromatic heterocycles. The monoisotopic (exact) mass is 538 g/mol. The van der Waals surface area contributed by atoms with E-state index < -0.39 is 0 Å². The number of hydrogen-bond donors (Lipinski definition) is 3. The predicted molar refractivity (Wildman–Crippen MR) is 156 cm³/mol. The van der Waals surface area contributed by atoms with Gasteiger partial charge in [0.1, 0.15) is 0 Å². The minimum atomic E-state index is -0.0231. The van der Waals surface area contributed by atoms with Crippen LogP contribution in [-0.2, 0) is 19.3 Å². The fourth-order valence-corrected chi connectivity index (χ4v) is 6.11. The lowest BCUT2D eigenvalue weighted by Gasteiger charge is -2.45. The molecule has 0 spiro atoms. The van der Waals surface area contributed by atoms with Crippen LogP contribution in [-0.4, -0.2) is 31.4 Å². The van der Waals surface area contributed by atoms with Gasteiger partial charge in [-0.05, 0) is 77.9 Å². The minimum absolute atomic E-state index is 0.00333. The highest BCUT2D eigenvalue weighted by molar-refractivity contribution is 5.48. The zero-order valence-corrected chi connectivity index (χ0v) is 22.5. The van der Waals surface area contributed by atoms with Gasteiger partial charge in [-0.15, -0.1) is 0 Å². The van der Waals surface area contributed by atoms with Gasteiger partial charge in [-0.2, -0.15) is 10.5 Å². The van der Waals surface area contributed by atoms with Gasteiger partial charge in [0.15, 0.2) is 0 Å². The maximum absolute atomic E-state index is 9.33. The molecule has 8 nitrogen and oxygen atoms in total. The Morgan fingerprint density at radius 2 is 1.44 bits per heavy atom. The van der Waals surface area contributed by atoms with E-state index in [1.807, 2.05) is 67.0 Å². The molecule has 0 bridgehead atoms. The zero-order valence-electron chi connectivity index (χ0n) is 22.5. The van der Waals surface area contributed by atoms with Gasteiger partial charge in [0.25, 0.3) is 0 Å². The second-order valence-electron chi connectivity index (χ2n) is 10.6. The van der Waals surface area contributed by atoms with E-state index in [1.54, 1.807) is 12.7 Å². The summed E-state index contributed by atoms with van der Waals surface area (Å²) in [6.07, 6.45) is 9.68. The van der Waals surface area contributed by atoms with Crippen LogP contribution in [0.25, 0.3) is 0 Å². The van der Waals surface area contributed by atoms with Gasteiger partial charge in [-0.25, -0.2) is 9.97 Å². The molecule has 0 saturated carbocycles. The van der Waals surface area contributed by atoms with E-state index in [-0.39, 0.29) is 18.0 Å². The number of hydrogen-bond acceptors (Lipinski definition) is 6. The normalized spacial score (nSPS) is 16.3. The van der Waals surface area contributed by atoms with Gasteiger partial charge in [0.05, 0.1) is 47.7 Å². The largest absolute Gasteiger partial charge is 0.399 e. The van der Waals surface area contributed by atoms with Crippen LogP contribution in [0.2, 0.25) is 0 Å². The number of nitrogen functional groups attached to an aromatic ring is 1. The highest BCUT2D eigenvalue weighted by Gasteiger charge is 2.39. The van der Waals surface area contributed by atoms with Crippen molar-refractivity contribution in [2.45, 2.75) is 37.3 Å². The maximum Gasteiger partial charge on any atom is 0.0991 e. The lowest BCUT2D eigenvalue weighted by Crippen LogP contribution is -2.42. The SMILES string of the molecule is N#Cc1ccc(CC(c2cnc[nH]2)C2c3cc(N)ccc3CCN2C(Cc2ccc(C#N)cc2)c2cnc[nH]2)cc1. The first kappa shape index (κ1) is 26.1. The van der Waals surface area contributed by atoms with Crippen molar-refractivity contribution in [2.24, 2.45) is 0 Å². The summed E-state index contributed by atoms with van der Waals surface area (Å²) in [5.74, 6) is 0.0256. The zero-order chi connectivity index (χ0) is 28.2. The van der Waals surface area contributed by atoms with Crippen LogP contribution in [0.5, 0.6) is 0 Å². The summed E-state index contributed by atoms with van der Waals surface area (Å²) < 4.78 is 0. The smallest absolute Gasteiger partial charge is 0.0991 e. The Kier molecular flexibility index (Phi) is 7.32. The van der Waals surface area contributed by atoms with Crippen molar-refractivity contribution >= 4 is 5.69 Å². The molecule has 0 saturated heterocycles. The highest BCUT2D eigenvalue weighted by atomic mass is 15.2. The molecule has 202 valence electrons. The van der Waals surface area contributed by atoms with E-state index in [2.05, 4.69) is 49.1 Å². The molecule has 41 heavy (non-hydrogen) atoms. The summed E-state index contributed by atoms with van der Waals surface area (Å²) >= 11 is 0. The third-order valence-corrected chi connectivity index (χ3v) is 8.11. The Morgan fingerprint density at radius 3 is 2.02 bits per heavy atom. The van der Waals surface area contributed by atoms with Gasteiger partial charge < -0.3 is 15.7 Å². The fourth-order valence-electron chi connectivity index (χ4n) is 6.11. The molecule has 3 heterocycles. The Balaban J connectivity index is 1.47. The topological polar surface area (TPSA) is 134 Å². The summed E-state index contributed by atoms with van der Waals surface area (Å²) in [5.41, 5.74) is 15.3. The number of anilines is 1. The number of H-pyrrole nitrogens is 2. The molecule has 6 rings (SSSR count). The number of aromatic amines is 2. The third kappa shape index (κ3) is 5.47. The molecule has 0 fully saturated rings. The molecular formula is C33H30N8. The van der Waals surface area contributed by atoms with E-state index in [4.69, 9.17) is 5.73 Å². The molecule has 0 amide bonds. The number of aromatic nitrogens is 4. The second kappa shape index (κ2) is 11.5. The average Bonchev–Trinajstić information content (AvgIpc) is 3.74. The first-order chi connectivity index (χ1) is 20.1. The summed E-state index contributed by atoms with van der Waals surface area (Å²) in [6, 6.07) is 26.3. The average molecular weight is 539 g/mol. The fraction of sp³-hybridized carbons (Fsp3) is 0.212. The minimum Gasteiger partial charge on any atom is -0.399 e. The van der Waals surface area contributed by atoms with E-state index in [0.29, 0.717) is 11.1 Å². The van der Waals surface area contributed by atoms with Crippen LogP contribution >= 0.6 is 0 Å². The van der Waals surface area contributed by atoms with Gasteiger partial charge in [0, 0.05) is 42.3 Å². The van der Waals surface area contributed by atoms with E-state index >= 15 is 0 Å². The summed E-state index contributed by atoms with van der Waals surface area (Å²) in [4.78, 5) is 18.1. The predicted octanol–water partition coefficient (Wildman–Crippen LogP) is 5.37. The highest BCUT2D eigenvalue weighted by Crippen LogP contribution is 2.46. The molecule has 4 N–H and O–H groups in total. The van der Waals surface area contributed by atoms with Crippen LogP contribution in [0.4, 0.5) is 5.69 Å². The summed E-state index contributed by atoms with van der Waals surface area (Å²) in [7, 11) is 0. The van der Waals surface area contributed by atoms with Crippen molar-refractivity contribution in [2.75, 3.05) is 12.3 Å². The lowest BCUT2D eigenvalue weighted by molar-refractivity contribution is 0.0977. The molecule has 5 aromatic rings. The third-order valence-electron chi connectivity index (χ3n) is 8.11. The number of benzene rings is 3. The number of nitriles is 2. The molecule has 1 aliphatic rings. The Hall–Kier alpha value is -5.18. The molecular weight excluding hydrogens is 508 g/mol. The van der Waals surface area contributed by atoms with Crippen molar-refractivity contribution in [1.29, 1.82) is 10.5 Å². The van der Waals surface area contributed by atoms with E-state index in [0.717, 1.165) is 54.0 Å². The van der Waals surface area contributed by atoms with Gasteiger partial charge in [-0.3, -0.25) is 4.90 Å². The molecule has 3 atom stereocenters. The maximum atomic E-state index is 9.33. The number of nitrogens with zero attached hydrogens (tertiary/aromatic N) is 5. The Bertz CT molecular complexity index is 1670. The van der Waals surface area contributed by atoms with Crippen LogP contribution in [0.3, 0.4) is 0 Å². The van der Waals surface area contributed by atoms with Gasteiger partial charge >= 0.3 is 0 Å². The van der Waals surface area contributed by atoms with Crippen LogP contribution in [0.15, 0.2) is 91.8 Å². The quantitative estimate of drug-likeness (QED) is 0.228. The number of nitrogens with two attached hydrogens (primary N) is 1. The van der Waals surface area contributed by atoms with Gasteiger partial charge in [0.2, 0.25) is 0 Å². The van der Waals surface area contributed by atoms with E-state index in [9.17, 15) is 10.5 Å². The molecule has 0 radical (unpaired) electrons. The van der Waals surface area contributed by atoms with Gasteiger partial charge in [-0.1, -0.05) is 30.3 Å². The second-order valence-corrected chi connectivity index (χ2v) is 10.6. The first-order valence-corrected chi connectivity index (χ1v) is 13.7. The Labute approximate surface area is 239 Å². The van der Waals surface area contributed by atoms with Crippen LogP contribution in [0.1, 0.15) is 62.8 Å². The summed E-state index contributed by atoms with van der Waals surface area (Å²) in [6.45, 7) is 0.847. The molecule has 8 heteroatoms. The number of rotatable bonds is 8. The van der Waals surface area contributed by atoms with Crippen molar-refractivity contribution in [3.8, 4) is 12.1 Å². The van der Waals surface area contributed by atoms with Crippen molar-refractivity contribution < 1.29 is 0 Å². The molecule has 1 aliphatic heterocycles. The van der Waals surface area contributed by atoms with Crippen molar-refractivity contribution in [1.82, 2.24) is 24.8 Å². The molecule has 3 aromatic carbocycles. The van der Waals surface area contributed by atoms with Crippen molar-refractivity contribution in [3.63, 3.8) is 0 Å². The number of fused-ring (bicyclic) bond motifs is 1. The van der Waals surface area contributed by atoms with Crippen molar-refractivity contribution in [3.05, 3.63) is 137 Å².